The first-order valence-corrected chi connectivity index (χ1v) is 10.4. The van der Waals surface area contributed by atoms with Gasteiger partial charge in [0.25, 0.3) is 5.69 Å². The van der Waals surface area contributed by atoms with Gasteiger partial charge in [-0.15, -0.1) is 0 Å². The van der Waals surface area contributed by atoms with Gasteiger partial charge in [0.1, 0.15) is 0 Å². The lowest BCUT2D eigenvalue weighted by Gasteiger charge is -2.40. The Hall–Kier alpha value is -3.88. The largest absolute Gasteiger partial charge is 0.465 e. The number of fused-ring (bicyclic) bond motifs is 1. The molecule has 2 atom stereocenters. The van der Waals surface area contributed by atoms with Crippen molar-refractivity contribution in [3.05, 3.63) is 69.8 Å². The van der Waals surface area contributed by atoms with Crippen LogP contribution in [0.15, 0.2) is 48.5 Å². The van der Waals surface area contributed by atoms with Gasteiger partial charge in [-0.05, 0) is 42.7 Å². The number of rotatable bonds is 7. The quantitative estimate of drug-likeness (QED) is 0.430. The molecule has 32 heavy (non-hydrogen) atoms. The summed E-state index contributed by atoms with van der Waals surface area (Å²) in [5.74, 6) is 0.0289. The number of nitrogens with zero attached hydrogens (tertiary/aromatic N) is 2. The number of nitro groups is 1. The number of non-ortho nitro benzene ring substituents is 1. The first-order valence-electron chi connectivity index (χ1n) is 10.4. The molecule has 9 nitrogen and oxygen atoms in total. The lowest BCUT2D eigenvalue weighted by molar-refractivity contribution is -0.384. The van der Waals surface area contributed by atoms with Crippen LogP contribution in [0.25, 0.3) is 6.08 Å². The molecular weight excluding hydrogens is 412 g/mol. The molecule has 0 aliphatic carbocycles. The number of amides is 2. The summed E-state index contributed by atoms with van der Waals surface area (Å²) in [4.78, 5) is 35.6. The molecule has 0 saturated heterocycles. The van der Waals surface area contributed by atoms with Crippen LogP contribution in [0.3, 0.4) is 0 Å². The number of carboxylic acid groups (broad SMARTS) is 1. The predicted octanol–water partition coefficient (Wildman–Crippen LogP) is 4.56. The first-order chi connectivity index (χ1) is 15.3. The van der Waals surface area contributed by atoms with Crippen molar-refractivity contribution in [2.75, 3.05) is 16.8 Å². The fraction of sp³-hybridized carbons (Fsp3) is 0.304. The molecule has 3 N–H and O–H groups in total. The zero-order valence-electron chi connectivity index (χ0n) is 17.9. The van der Waals surface area contributed by atoms with Crippen LogP contribution in [0, 0.1) is 10.1 Å². The highest BCUT2D eigenvalue weighted by Gasteiger charge is 2.33. The van der Waals surface area contributed by atoms with E-state index in [1.165, 1.54) is 12.1 Å². The highest BCUT2D eigenvalue weighted by Crippen LogP contribution is 2.40. The van der Waals surface area contributed by atoms with E-state index < -0.39 is 11.0 Å². The Morgan fingerprint density at radius 1 is 1.25 bits per heavy atom. The third-order valence-electron chi connectivity index (χ3n) is 5.38. The highest BCUT2D eigenvalue weighted by molar-refractivity contribution is 5.95. The van der Waals surface area contributed by atoms with Gasteiger partial charge in [0.05, 0.1) is 11.0 Å². The molecule has 1 aliphatic rings. The Labute approximate surface area is 185 Å². The molecule has 0 fully saturated rings. The van der Waals surface area contributed by atoms with E-state index in [0.29, 0.717) is 12.8 Å². The average Bonchev–Trinajstić information content (AvgIpc) is 2.76. The number of benzene rings is 2. The summed E-state index contributed by atoms with van der Waals surface area (Å²) in [7, 11) is 0. The molecule has 2 aromatic carbocycles. The first kappa shape index (κ1) is 22.8. The van der Waals surface area contributed by atoms with Crippen molar-refractivity contribution < 1.29 is 19.6 Å². The van der Waals surface area contributed by atoms with Gasteiger partial charge in [-0.25, -0.2) is 4.79 Å². The van der Waals surface area contributed by atoms with Gasteiger partial charge in [-0.2, -0.15) is 0 Å². The molecule has 0 saturated carbocycles. The Balaban J connectivity index is 1.91. The Morgan fingerprint density at radius 2 is 1.97 bits per heavy atom. The number of nitrogens with one attached hydrogen (secondary N) is 2. The number of carbonyl (C=O) groups is 2. The number of hydrogen-bond donors (Lipinski definition) is 3. The average molecular weight is 438 g/mol. The van der Waals surface area contributed by atoms with E-state index in [9.17, 15) is 19.7 Å². The molecule has 0 unspecified atom stereocenters. The van der Waals surface area contributed by atoms with E-state index in [1.54, 1.807) is 18.2 Å². The Kier molecular flexibility index (Phi) is 7.09. The minimum Gasteiger partial charge on any atom is -0.465 e. The van der Waals surface area contributed by atoms with Crippen LogP contribution in [0.1, 0.15) is 43.9 Å². The summed E-state index contributed by atoms with van der Waals surface area (Å²) in [6.45, 7) is 4.02. The molecule has 0 spiro atoms. The number of hydrogen-bond acceptors (Lipinski definition) is 5. The lowest BCUT2D eigenvalue weighted by Crippen LogP contribution is -2.44. The fourth-order valence-corrected chi connectivity index (χ4v) is 3.89. The summed E-state index contributed by atoms with van der Waals surface area (Å²) in [6, 6.07) is 12.0. The SMILES string of the molecule is CCC(=O)N1c2cc(/C=C/CNC(=O)O)ccc2[C@H](Nc2ccc([N+](=O)[O-])cc2)C[C@@H]1C. The molecule has 9 heteroatoms. The van der Waals surface area contributed by atoms with Gasteiger partial charge >= 0.3 is 6.09 Å². The van der Waals surface area contributed by atoms with E-state index >= 15 is 0 Å². The van der Waals surface area contributed by atoms with Crippen LogP contribution in [0.2, 0.25) is 0 Å². The van der Waals surface area contributed by atoms with E-state index in [1.807, 2.05) is 43.0 Å². The van der Waals surface area contributed by atoms with Gasteiger partial charge in [-0.1, -0.05) is 31.2 Å². The van der Waals surface area contributed by atoms with Crippen molar-refractivity contribution in [3.8, 4) is 0 Å². The fourth-order valence-electron chi connectivity index (χ4n) is 3.89. The standard InChI is InChI=1S/C23H26N4O5/c1-3-22(28)26-15(2)13-20(25-17-7-9-18(10-8-17)27(31)32)19-11-6-16(14-21(19)26)5-4-12-24-23(29)30/h4-11,14-15,20,24-25H,3,12-13H2,1-2H3,(H,29,30)/b5-4+/t15-,20+/m0/s1. The minimum atomic E-state index is -1.09. The normalized spacial score (nSPS) is 17.6. The summed E-state index contributed by atoms with van der Waals surface area (Å²) >= 11 is 0. The second-order valence-electron chi connectivity index (χ2n) is 7.61. The Bertz CT molecular complexity index is 1040. The molecule has 1 heterocycles. The molecule has 3 rings (SSSR count). The van der Waals surface area contributed by atoms with Crippen molar-refractivity contribution in [1.29, 1.82) is 0 Å². The van der Waals surface area contributed by atoms with Gasteiger partial charge in [0.15, 0.2) is 0 Å². The third-order valence-corrected chi connectivity index (χ3v) is 5.38. The van der Waals surface area contributed by atoms with Gasteiger partial charge in [0.2, 0.25) is 5.91 Å². The molecule has 1 aliphatic heterocycles. The molecule has 168 valence electrons. The summed E-state index contributed by atoms with van der Waals surface area (Å²) in [6.07, 6.45) is 3.50. The van der Waals surface area contributed by atoms with Gasteiger partial charge in [-0.3, -0.25) is 14.9 Å². The van der Waals surface area contributed by atoms with Gasteiger partial charge in [0, 0.05) is 42.5 Å². The van der Waals surface area contributed by atoms with Crippen molar-refractivity contribution in [1.82, 2.24) is 5.32 Å². The summed E-state index contributed by atoms with van der Waals surface area (Å²) in [5.41, 5.74) is 3.42. The maximum atomic E-state index is 12.7. The summed E-state index contributed by atoms with van der Waals surface area (Å²) in [5, 5.41) is 25.3. The maximum absolute atomic E-state index is 12.7. The zero-order valence-corrected chi connectivity index (χ0v) is 17.9. The molecule has 0 radical (unpaired) electrons. The van der Waals surface area contributed by atoms with E-state index in [2.05, 4.69) is 10.6 Å². The smallest absolute Gasteiger partial charge is 0.404 e. The van der Waals surface area contributed by atoms with Crippen molar-refractivity contribution in [2.45, 2.75) is 38.8 Å². The molecule has 2 amide bonds. The number of nitro benzene ring substituents is 1. The van der Waals surface area contributed by atoms with Crippen LogP contribution >= 0.6 is 0 Å². The third kappa shape index (κ3) is 5.23. The maximum Gasteiger partial charge on any atom is 0.404 e. The lowest BCUT2D eigenvalue weighted by atomic mass is 9.90. The predicted molar refractivity (Wildman–Crippen MR) is 123 cm³/mol. The van der Waals surface area contributed by atoms with Crippen LogP contribution < -0.4 is 15.5 Å². The second kappa shape index (κ2) is 9.95. The van der Waals surface area contributed by atoms with Crippen LogP contribution in [-0.4, -0.2) is 34.6 Å². The topological polar surface area (TPSA) is 125 Å². The molecule has 0 aromatic heterocycles. The van der Waals surface area contributed by atoms with Crippen molar-refractivity contribution >= 4 is 35.1 Å². The van der Waals surface area contributed by atoms with Crippen molar-refractivity contribution in [2.24, 2.45) is 0 Å². The van der Waals surface area contributed by atoms with Crippen LogP contribution in [0.4, 0.5) is 21.9 Å². The van der Waals surface area contributed by atoms with Crippen LogP contribution in [0.5, 0.6) is 0 Å². The molecule has 0 bridgehead atoms. The van der Waals surface area contributed by atoms with Crippen molar-refractivity contribution in [3.63, 3.8) is 0 Å². The zero-order chi connectivity index (χ0) is 23.3. The summed E-state index contributed by atoms with van der Waals surface area (Å²) < 4.78 is 0. The monoisotopic (exact) mass is 438 g/mol. The highest BCUT2D eigenvalue weighted by atomic mass is 16.6. The van der Waals surface area contributed by atoms with Crippen LogP contribution in [-0.2, 0) is 4.79 Å². The molecular formula is C23H26N4O5. The second-order valence-corrected chi connectivity index (χ2v) is 7.61. The van der Waals surface area contributed by atoms with E-state index in [4.69, 9.17) is 5.11 Å². The van der Waals surface area contributed by atoms with E-state index in [-0.39, 0.29) is 30.2 Å². The van der Waals surface area contributed by atoms with Gasteiger partial charge < -0.3 is 20.6 Å². The minimum absolute atomic E-state index is 0.0289. The number of carbonyl (C=O) groups excluding carboxylic acids is 1. The van der Waals surface area contributed by atoms with E-state index in [0.717, 1.165) is 22.5 Å². The molecule has 2 aromatic rings. The number of anilines is 2. The Morgan fingerprint density at radius 3 is 2.59 bits per heavy atom.